The number of esters is 1. The molecule has 0 saturated heterocycles. The highest BCUT2D eigenvalue weighted by atomic mass is 31.1. The number of likely N-dealkylation sites (N-methyl/N-ethyl adjacent to an activating group) is 1. The van der Waals surface area contributed by atoms with Crippen LogP contribution in [0.4, 0.5) is 5.69 Å². The molecule has 2 unspecified atom stereocenters. The summed E-state index contributed by atoms with van der Waals surface area (Å²) in [6.07, 6.45) is -0.712. The van der Waals surface area contributed by atoms with E-state index in [2.05, 4.69) is 0 Å². The maximum atomic E-state index is 14.0. The predicted octanol–water partition coefficient (Wildman–Crippen LogP) is 5.81. The van der Waals surface area contributed by atoms with Gasteiger partial charge in [-0.25, -0.2) is 9.86 Å². The van der Waals surface area contributed by atoms with Crippen molar-refractivity contribution < 1.29 is 28.6 Å². The van der Waals surface area contributed by atoms with Gasteiger partial charge in [-0.1, -0.05) is 42.5 Å². The second-order valence-electron chi connectivity index (χ2n) is 10.5. The fourth-order valence-electron chi connectivity index (χ4n) is 4.96. The first-order valence-electron chi connectivity index (χ1n) is 13.6. The van der Waals surface area contributed by atoms with Crippen LogP contribution < -0.4 is 0 Å². The standard InChI is InChI=1S/C30H40N3O7P/c1-20(2)39-30(25-14-11-15-26(18-25)33(35)36)27(22(5)32(40-21(3)4)23(6)28(30)41-37)29(34)38-17-16-31(7)19-24-12-9-8-10-13-24/h8-15,18,20-21H,16-17,19,41H2,1-7H3. The zero-order valence-electron chi connectivity index (χ0n) is 24.7. The molecule has 1 aliphatic heterocycles. The van der Waals surface area contributed by atoms with Crippen LogP contribution in [0.15, 0.2) is 76.9 Å². The molecule has 2 aromatic rings. The molecule has 10 nitrogen and oxygen atoms in total. The number of allylic oxidation sites excluding steroid dienone is 2. The highest BCUT2D eigenvalue weighted by Gasteiger charge is 2.52. The molecule has 2 aromatic carbocycles. The van der Waals surface area contributed by atoms with Crippen LogP contribution in [0, 0.1) is 10.1 Å². The Hall–Kier alpha value is -3.30. The normalized spacial score (nSPS) is 18.0. The van der Waals surface area contributed by atoms with Gasteiger partial charge in [0.15, 0.2) is 5.60 Å². The first kappa shape index (κ1) is 32.2. The van der Waals surface area contributed by atoms with E-state index in [9.17, 15) is 19.5 Å². The van der Waals surface area contributed by atoms with Crippen LogP contribution >= 0.6 is 8.46 Å². The van der Waals surface area contributed by atoms with E-state index in [1.807, 2.05) is 56.1 Å². The quantitative estimate of drug-likeness (QED) is 0.124. The minimum atomic E-state index is -1.69. The molecule has 222 valence electrons. The van der Waals surface area contributed by atoms with Crippen molar-refractivity contribution in [1.82, 2.24) is 9.96 Å². The van der Waals surface area contributed by atoms with Crippen LogP contribution in [-0.2, 0) is 35.8 Å². The van der Waals surface area contributed by atoms with E-state index in [0.717, 1.165) is 5.56 Å². The lowest BCUT2D eigenvalue weighted by atomic mass is 9.80. The van der Waals surface area contributed by atoms with Crippen molar-refractivity contribution in [3.8, 4) is 0 Å². The summed E-state index contributed by atoms with van der Waals surface area (Å²) in [5.74, 6) is -0.682. The second-order valence-corrected chi connectivity index (χ2v) is 11.4. The van der Waals surface area contributed by atoms with Gasteiger partial charge in [-0.05, 0) is 54.2 Å². The Morgan fingerprint density at radius 1 is 1.05 bits per heavy atom. The third-order valence-electron chi connectivity index (χ3n) is 6.61. The minimum absolute atomic E-state index is 0.0713. The van der Waals surface area contributed by atoms with Crippen LogP contribution in [0.1, 0.15) is 52.7 Å². The lowest BCUT2D eigenvalue weighted by Crippen LogP contribution is -2.46. The zero-order chi connectivity index (χ0) is 30.3. The van der Waals surface area contributed by atoms with E-state index in [1.54, 1.807) is 33.8 Å². The summed E-state index contributed by atoms with van der Waals surface area (Å²) in [6.45, 7) is 11.9. The first-order valence-corrected chi connectivity index (χ1v) is 14.6. The number of nitro groups is 1. The second kappa shape index (κ2) is 14.0. The summed E-state index contributed by atoms with van der Waals surface area (Å²) in [4.78, 5) is 33.3. The maximum Gasteiger partial charge on any atom is 0.339 e. The number of non-ortho nitro benzene ring substituents is 1. The maximum absolute atomic E-state index is 14.0. The molecule has 0 aromatic heterocycles. The molecule has 11 heteroatoms. The topological polar surface area (TPSA) is 111 Å². The number of benzene rings is 2. The number of nitro benzene ring substituents is 1. The summed E-state index contributed by atoms with van der Waals surface area (Å²) in [7, 11) is 0.282. The van der Waals surface area contributed by atoms with E-state index in [-0.39, 0.29) is 24.0 Å². The summed E-state index contributed by atoms with van der Waals surface area (Å²) >= 11 is 0. The number of carbonyl (C=O) groups excluding carboxylic acids is 1. The van der Waals surface area contributed by atoms with Gasteiger partial charge in [-0.2, -0.15) is 0 Å². The van der Waals surface area contributed by atoms with Crippen molar-refractivity contribution in [3.63, 3.8) is 0 Å². The smallest absolute Gasteiger partial charge is 0.339 e. The molecular formula is C30H40N3O7P. The van der Waals surface area contributed by atoms with Crippen LogP contribution in [0.3, 0.4) is 0 Å². The van der Waals surface area contributed by atoms with Gasteiger partial charge in [0, 0.05) is 36.1 Å². The fraction of sp³-hybridized carbons (Fsp3) is 0.433. The SMILES string of the molecule is CC1=C([PH2]=O)C(OC(C)C)(c2cccc([N+](=O)[O-])c2)C(C(=O)OCCN(C)Cc2ccccc2)=C(C)N1OC(C)C. The van der Waals surface area contributed by atoms with Crippen LogP contribution in [0.2, 0.25) is 0 Å². The summed E-state index contributed by atoms with van der Waals surface area (Å²) in [5, 5.41) is 13.5. The van der Waals surface area contributed by atoms with Gasteiger partial charge in [-0.3, -0.25) is 19.9 Å². The van der Waals surface area contributed by atoms with E-state index in [0.29, 0.717) is 35.4 Å². The molecule has 0 radical (unpaired) electrons. The van der Waals surface area contributed by atoms with Crippen LogP contribution in [0.5, 0.6) is 0 Å². The Labute approximate surface area is 242 Å². The lowest BCUT2D eigenvalue weighted by Gasteiger charge is -2.45. The van der Waals surface area contributed by atoms with E-state index in [4.69, 9.17) is 14.3 Å². The number of nitrogens with zero attached hydrogens (tertiary/aromatic N) is 3. The highest BCUT2D eigenvalue weighted by Crippen LogP contribution is 2.53. The van der Waals surface area contributed by atoms with E-state index in [1.165, 1.54) is 23.3 Å². The van der Waals surface area contributed by atoms with E-state index >= 15 is 0 Å². The molecule has 0 fully saturated rings. The molecule has 0 aliphatic carbocycles. The summed E-state index contributed by atoms with van der Waals surface area (Å²) < 4.78 is 25.4. The molecule has 1 aliphatic rings. The number of hydroxylamine groups is 2. The Morgan fingerprint density at radius 3 is 2.32 bits per heavy atom. The van der Waals surface area contributed by atoms with Crippen molar-refractivity contribution in [2.45, 2.75) is 65.9 Å². The Kier molecular flexibility index (Phi) is 11.0. The Balaban J connectivity index is 2.10. The fourth-order valence-corrected chi connectivity index (χ4v) is 5.79. The average Bonchev–Trinajstić information content (AvgIpc) is 2.91. The largest absolute Gasteiger partial charge is 0.461 e. The molecular weight excluding hydrogens is 545 g/mol. The van der Waals surface area contributed by atoms with Gasteiger partial charge < -0.3 is 14.0 Å². The molecule has 0 spiro atoms. The number of hydrogen-bond donors (Lipinski definition) is 0. The third kappa shape index (κ3) is 7.32. The zero-order valence-corrected chi connectivity index (χ0v) is 25.9. The van der Waals surface area contributed by atoms with Crippen molar-refractivity contribution in [2.24, 2.45) is 0 Å². The Bertz CT molecular complexity index is 1330. The van der Waals surface area contributed by atoms with E-state index < -0.39 is 31.1 Å². The minimum Gasteiger partial charge on any atom is -0.461 e. The van der Waals surface area contributed by atoms with Crippen molar-refractivity contribution >= 4 is 20.1 Å². The Morgan fingerprint density at radius 2 is 1.73 bits per heavy atom. The summed E-state index contributed by atoms with van der Waals surface area (Å²) in [5.41, 5.74) is 0.537. The van der Waals surface area contributed by atoms with Gasteiger partial charge in [0.1, 0.15) is 6.61 Å². The van der Waals surface area contributed by atoms with Crippen LogP contribution in [0.25, 0.3) is 0 Å². The molecule has 0 saturated carbocycles. The van der Waals surface area contributed by atoms with Gasteiger partial charge in [0.05, 0.1) is 42.6 Å². The highest BCUT2D eigenvalue weighted by molar-refractivity contribution is 7.29. The van der Waals surface area contributed by atoms with Crippen molar-refractivity contribution in [1.29, 1.82) is 0 Å². The molecule has 0 N–H and O–H groups in total. The molecule has 0 amide bonds. The number of ether oxygens (including phenoxy) is 2. The van der Waals surface area contributed by atoms with Gasteiger partial charge >= 0.3 is 5.97 Å². The lowest BCUT2D eigenvalue weighted by molar-refractivity contribution is -0.385. The molecule has 41 heavy (non-hydrogen) atoms. The van der Waals surface area contributed by atoms with Gasteiger partial charge in [-0.15, -0.1) is 0 Å². The molecule has 0 bridgehead atoms. The van der Waals surface area contributed by atoms with Crippen molar-refractivity contribution in [3.05, 3.63) is 98.1 Å². The predicted molar refractivity (Wildman–Crippen MR) is 159 cm³/mol. The summed E-state index contributed by atoms with van der Waals surface area (Å²) in [6, 6.07) is 15.8. The molecule has 2 atom stereocenters. The van der Waals surface area contributed by atoms with Gasteiger partial charge in [0.2, 0.25) is 0 Å². The number of rotatable bonds is 13. The number of carbonyl (C=O) groups is 1. The van der Waals surface area contributed by atoms with Crippen LogP contribution in [-0.4, -0.2) is 53.3 Å². The average molecular weight is 586 g/mol. The van der Waals surface area contributed by atoms with Gasteiger partial charge in [0.25, 0.3) is 5.69 Å². The molecule has 1 heterocycles. The molecule has 3 rings (SSSR count). The monoisotopic (exact) mass is 585 g/mol. The number of hydrogen-bond acceptors (Lipinski definition) is 9. The first-order chi connectivity index (χ1) is 19.4. The van der Waals surface area contributed by atoms with Crippen molar-refractivity contribution in [2.75, 3.05) is 20.2 Å². The third-order valence-corrected chi connectivity index (χ3v) is 7.67.